The number of rotatable bonds is 5. The van der Waals surface area contributed by atoms with Crippen molar-refractivity contribution in [1.82, 2.24) is 15.2 Å². The highest BCUT2D eigenvalue weighted by Gasteiger charge is 2.28. The van der Waals surface area contributed by atoms with E-state index in [0.29, 0.717) is 37.0 Å². The second kappa shape index (κ2) is 7.30. The van der Waals surface area contributed by atoms with Gasteiger partial charge in [-0.3, -0.25) is 0 Å². The van der Waals surface area contributed by atoms with Gasteiger partial charge < -0.3 is 19.6 Å². The Labute approximate surface area is 170 Å². The largest absolute Gasteiger partial charge is 0.494 e. The van der Waals surface area contributed by atoms with Crippen LogP contribution < -0.4 is 10.1 Å². The molecule has 1 aliphatic carbocycles. The molecule has 7 nitrogen and oxygen atoms in total. The minimum absolute atomic E-state index is 0.101. The van der Waals surface area contributed by atoms with Crippen LogP contribution in [0.25, 0.3) is 22.5 Å². The molecular weight excluding hydrogens is 368 g/mol. The lowest BCUT2D eigenvalue weighted by molar-refractivity contribution is 0.0828. The summed E-state index contributed by atoms with van der Waals surface area (Å²) < 4.78 is 11.6. The van der Waals surface area contributed by atoms with Crippen LogP contribution >= 0.6 is 0 Å². The van der Waals surface area contributed by atoms with Gasteiger partial charge in [-0.25, -0.2) is 4.98 Å². The van der Waals surface area contributed by atoms with Gasteiger partial charge >= 0.3 is 6.01 Å². The van der Waals surface area contributed by atoms with Crippen LogP contribution in [-0.2, 0) is 5.41 Å². The first-order valence-electron chi connectivity index (χ1n) is 10.1. The van der Waals surface area contributed by atoms with Crippen molar-refractivity contribution >= 4 is 16.9 Å². The van der Waals surface area contributed by atoms with Gasteiger partial charge in [0.25, 0.3) is 5.89 Å². The molecule has 0 unspecified atom stereocenters. The van der Waals surface area contributed by atoms with Crippen molar-refractivity contribution in [2.24, 2.45) is 0 Å². The van der Waals surface area contributed by atoms with Crippen molar-refractivity contribution in [2.45, 2.75) is 65.0 Å². The summed E-state index contributed by atoms with van der Waals surface area (Å²) >= 11 is 0. The highest BCUT2D eigenvalue weighted by molar-refractivity contribution is 5.89. The molecule has 0 spiro atoms. The zero-order valence-electron chi connectivity index (χ0n) is 17.6. The lowest BCUT2D eigenvalue weighted by Gasteiger charge is -2.30. The molecule has 0 bridgehead atoms. The van der Waals surface area contributed by atoms with Crippen LogP contribution in [0.4, 0.5) is 6.01 Å². The second-order valence-corrected chi connectivity index (χ2v) is 8.75. The van der Waals surface area contributed by atoms with Crippen molar-refractivity contribution < 1.29 is 14.3 Å². The molecule has 7 heteroatoms. The standard InChI is InChI=1S/C22H28N4O3/c1-6-28-15-10-16-12(2)7-18(24-19(16)17(11-15)22(3,4)5)20-25-26-21(29-20)23-13-8-14(27)9-13/h7,10-11,13-14,27H,6,8-9H2,1-5H3,(H,23,26)/t13-,14+. The van der Waals surface area contributed by atoms with Crippen LogP contribution in [0.5, 0.6) is 5.75 Å². The predicted octanol–water partition coefficient (Wildman–Crippen LogP) is 4.22. The Kier molecular flexibility index (Phi) is 4.94. The number of aromatic nitrogens is 3. The van der Waals surface area contributed by atoms with Crippen molar-refractivity contribution in [1.29, 1.82) is 0 Å². The van der Waals surface area contributed by atoms with Gasteiger partial charge in [0.05, 0.1) is 18.2 Å². The number of aliphatic hydroxyl groups is 1. The molecule has 2 heterocycles. The molecule has 0 amide bonds. The van der Waals surface area contributed by atoms with Crippen LogP contribution in [0.15, 0.2) is 22.6 Å². The quantitative estimate of drug-likeness (QED) is 0.667. The van der Waals surface area contributed by atoms with Gasteiger partial charge in [0.15, 0.2) is 0 Å². The smallest absolute Gasteiger partial charge is 0.316 e. The first-order chi connectivity index (χ1) is 13.7. The third kappa shape index (κ3) is 3.92. The van der Waals surface area contributed by atoms with Crippen molar-refractivity contribution in [3.63, 3.8) is 0 Å². The average Bonchev–Trinajstić information content (AvgIpc) is 3.08. The molecule has 2 aromatic heterocycles. The molecule has 1 saturated carbocycles. The highest BCUT2D eigenvalue weighted by Crippen LogP contribution is 2.36. The Morgan fingerprint density at radius 3 is 2.62 bits per heavy atom. The third-order valence-electron chi connectivity index (χ3n) is 5.30. The molecule has 154 valence electrons. The molecular formula is C22H28N4O3. The zero-order chi connectivity index (χ0) is 20.8. The van der Waals surface area contributed by atoms with E-state index in [9.17, 15) is 5.11 Å². The van der Waals surface area contributed by atoms with Gasteiger partial charge in [0.2, 0.25) is 0 Å². The van der Waals surface area contributed by atoms with Crippen LogP contribution in [0.3, 0.4) is 0 Å². The summed E-state index contributed by atoms with van der Waals surface area (Å²) in [7, 11) is 0. The fourth-order valence-corrected chi connectivity index (χ4v) is 3.66. The van der Waals surface area contributed by atoms with Gasteiger partial charge in [0, 0.05) is 11.4 Å². The van der Waals surface area contributed by atoms with E-state index < -0.39 is 0 Å². The SMILES string of the molecule is CCOc1cc(C(C)(C)C)c2nc(-c3nnc(N[C@H]4C[C@@H](O)C4)o3)cc(C)c2c1. The van der Waals surface area contributed by atoms with Crippen molar-refractivity contribution in [3.8, 4) is 17.3 Å². The summed E-state index contributed by atoms with van der Waals surface area (Å²) in [6, 6.07) is 6.62. The molecule has 2 N–H and O–H groups in total. The van der Waals surface area contributed by atoms with Gasteiger partial charge in [-0.1, -0.05) is 25.9 Å². The van der Waals surface area contributed by atoms with Gasteiger partial charge in [0.1, 0.15) is 11.4 Å². The monoisotopic (exact) mass is 396 g/mol. The van der Waals surface area contributed by atoms with E-state index in [1.807, 2.05) is 19.1 Å². The average molecular weight is 396 g/mol. The lowest BCUT2D eigenvalue weighted by atomic mass is 9.84. The Morgan fingerprint density at radius 1 is 1.21 bits per heavy atom. The summed E-state index contributed by atoms with van der Waals surface area (Å²) in [5.74, 6) is 1.24. The summed E-state index contributed by atoms with van der Waals surface area (Å²) in [6.45, 7) is 11.2. The summed E-state index contributed by atoms with van der Waals surface area (Å²) in [4.78, 5) is 4.89. The van der Waals surface area contributed by atoms with Gasteiger partial charge in [-0.05, 0) is 61.4 Å². The molecule has 1 aromatic carbocycles. The minimum Gasteiger partial charge on any atom is -0.494 e. The molecule has 4 rings (SSSR count). The van der Waals surface area contributed by atoms with E-state index in [4.69, 9.17) is 14.1 Å². The van der Waals surface area contributed by atoms with E-state index >= 15 is 0 Å². The number of nitrogens with one attached hydrogen (secondary N) is 1. The summed E-state index contributed by atoms with van der Waals surface area (Å²) in [6.07, 6.45) is 1.15. The number of nitrogens with zero attached hydrogens (tertiary/aromatic N) is 3. The van der Waals surface area contributed by atoms with Crippen LogP contribution in [0.2, 0.25) is 0 Å². The van der Waals surface area contributed by atoms with Crippen LogP contribution in [-0.4, -0.2) is 39.0 Å². The van der Waals surface area contributed by atoms with Crippen molar-refractivity contribution in [2.75, 3.05) is 11.9 Å². The Hall–Kier alpha value is -2.67. The maximum Gasteiger partial charge on any atom is 0.316 e. The highest BCUT2D eigenvalue weighted by atomic mass is 16.5. The van der Waals surface area contributed by atoms with E-state index in [0.717, 1.165) is 27.8 Å². The summed E-state index contributed by atoms with van der Waals surface area (Å²) in [5, 5.41) is 21.9. The molecule has 29 heavy (non-hydrogen) atoms. The first kappa shape index (κ1) is 19.6. The number of anilines is 1. The first-order valence-corrected chi connectivity index (χ1v) is 10.1. The number of hydrogen-bond acceptors (Lipinski definition) is 7. The fourth-order valence-electron chi connectivity index (χ4n) is 3.66. The summed E-state index contributed by atoms with van der Waals surface area (Å²) in [5.41, 5.74) is 3.66. The van der Waals surface area contributed by atoms with Gasteiger partial charge in [-0.15, -0.1) is 5.10 Å². The molecule has 1 aliphatic rings. The van der Waals surface area contributed by atoms with E-state index in [-0.39, 0.29) is 17.6 Å². The van der Waals surface area contributed by atoms with Gasteiger partial charge in [-0.2, -0.15) is 0 Å². The Morgan fingerprint density at radius 2 is 1.97 bits per heavy atom. The number of aryl methyl sites for hydroxylation is 1. The maximum absolute atomic E-state index is 9.43. The molecule has 1 fully saturated rings. The van der Waals surface area contributed by atoms with E-state index in [2.05, 4.69) is 49.3 Å². The van der Waals surface area contributed by atoms with Crippen LogP contribution in [0.1, 0.15) is 51.7 Å². The number of ether oxygens (including phenoxy) is 1. The number of hydrogen-bond donors (Lipinski definition) is 2. The topological polar surface area (TPSA) is 93.3 Å². The zero-order valence-corrected chi connectivity index (χ0v) is 17.6. The number of benzene rings is 1. The third-order valence-corrected chi connectivity index (χ3v) is 5.30. The van der Waals surface area contributed by atoms with Crippen molar-refractivity contribution in [3.05, 3.63) is 29.3 Å². The fraction of sp³-hybridized carbons (Fsp3) is 0.500. The second-order valence-electron chi connectivity index (χ2n) is 8.75. The predicted molar refractivity (Wildman–Crippen MR) is 112 cm³/mol. The number of aliphatic hydroxyl groups excluding tert-OH is 1. The van der Waals surface area contributed by atoms with E-state index in [1.165, 1.54) is 0 Å². The molecule has 0 radical (unpaired) electrons. The molecule has 0 aliphatic heterocycles. The molecule has 0 saturated heterocycles. The van der Waals surface area contributed by atoms with E-state index in [1.54, 1.807) is 0 Å². The normalized spacial score (nSPS) is 19.2. The number of pyridine rings is 1. The van der Waals surface area contributed by atoms with Crippen LogP contribution in [0, 0.1) is 6.92 Å². The molecule has 0 atom stereocenters. The molecule has 3 aromatic rings. The maximum atomic E-state index is 9.43. The number of fused-ring (bicyclic) bond motifs is 1. The minimum atomic E-state index is -0.239. The Bertz CT molecular complexity index is 1030. The lowest BCUT2D eigenvalue weighted by Crippen LogP contribution is -2.39. The Balaban J connectivity index is 1.75.